The van der Waals surface area contributed by atoms with Crippen LogP contribution in [0.2, 0.25) is 0 Å². The van der Waals surface area contributed by atoms with Gasteiger partial charge in [-0.3, -0.25) is 20.5 Å². The third kappa shape index (κ3) is 6.05. The number of thioether (sulfide) groups is 1. The van der Waals surface area contributed by atoms with Crippen LogP contribution in [0.1, 0.15) is 40.9 Å². The van der Waals surface area contributed by atoms with Crippen molar-refractivity contribution in [3.8, 4) is 11.8 Å². The summed E-state index contributed by atoms with van der Waals surface area (Å²) in [4.78, 5) is 4.00. The fraction of sp³-hybridized carbons (Fsp3) is 0.182. The molecule has 0 fully saturated rings. The van der Waals surface area contributed by atoms with E-state index in [4.69, 9.17) is 10.8 Å². The van der Waals surface area contributed by atoms with Crippen molar-refractivity contribution in [1.29, 1.82) is 10.8 Å². The molecule has 0 amide bonds. The normalized spacial score (nSPS) is 12.6. The highest BCUT2D eigenvalue weighted by atomic mass is 32.2. The van der Waals surface area contributed by atoms with Crippen molar-refractivity contribution in [1.82, 2.24) is 14.8 Å². The molecule has 12 heteroatoms. The molecule has 3 rings (SSSR count). The van der Waals surface area contributed by atoms with Gasteiger partial charge in [0.1, 0.15) is 10.1 Å². The standard InChI is InChI=1S/C22H15F6N5S/c1-13(16-7-6-15(21(23,24)25)10-17(16)22(26,27)28)33-12-14(11-32-33)5-8-19(29)34-20(30)18-4-2-3-9-31-18/h2-4,6-7,9-13,29-30H,1H3. The fourth-order valence-corrected chi connectivity index (χ4v) is 3.44. The Labute approximate surface area is 194 Å². The minimum atomic E-state index is -5.00. The average molecular weight is 495 g/mol. The van der Waals surface area contributed by atoms with E-state index in [1.165, 1.54) is 25.5 Å². The van der Waals surface area contributed by atoms with Gasteiger partial charge in [0.25, 0.3) is 0 Å². The minimum Gasteiger partial charge on any atom is -0.292 e. The van der Waals surface area contributed by atoms with Crippen molar-refractivity contribution >= 4 is 21.8 Å². The van der Waals surface area contributed by atoms with Crippen LogP contribution in [-0.4, -0.2) is 24.9 Å². The Morgan fingerprint density at radius 2 is 1.79 bits per heavy atom. The largest absolute Gasteiger partial charge is 0.416 e. The van der Waals surface area contributed by atoms with Gasteiger partial charge in [-0.25, -0.2) is 0 Å². The monoisotopic (exact) mass is 495 g/mol. The minimum absolute atomic E-state index is 0.0196. The van der Waals surface area contributed by atoms with Crippen LogP contribution in [0, 0.1) is 22.7 Å². The first-order valence-corrected chi connectivity index (χ1v) is 10.3. The second-order valence-electron chi connectivity index (χ2n) is 6.91. The third-order valence-electron chi connectivity index (χ3n) is 4.56. The summed E-state index contributed by atoms with van der Waals surface area (Å²) in [6.45, 7) is 1.37. The first-order valence-electron chi connectivity index (χ1n) is 9.47. The molecule has 0 radical (unpaired) electrons. The lowest BCUT2D eigenvalue weighted by Crippen LogP contribution is -2.17. The maximum atomic E-state index is 13.5. The number of hydrogen-bond acceptors (Lipinski definition) is 5. The van der Waals surface area contributed by atoms with E-state index in [-0.39, 0.29) is 27.3 Å². The van der Waals surface area contributed by atoms with Crippen molar-refractivity contribution < 1.29 is 26.3 Å². The summed E-state index contributed by atoms with van der Waals surface area (Å²) in [7, 11) is 0. The molecule has 0 spiro atoms. The van der Waals surface area contributed by atoms with Gasteiger partial charge in [0.15, 0.2) is 0 Å². The van der Waals surface area contributed by atoms with Crippen LogP contribution in [0.5, 0.6) is 0 Å². The van der Waals surface area contributed by atoms with Crippen molar-refractivity contribution in [3.05, 3.63) is 82.9 Å². The number of pyridine rings is 1. The van der Waals surface area contributed by atoms with Crippen LogP contribution in [0.15, 0.2) is 55.0 Å². The van der Waals surface area contributed by atoms with Gasteiger partial charge >= 0.3 is 12.4 Å². The average Bonchev–Trinajstić information content (AvgIpc) is 3.25. The van der Waals surface area contributed by atoms with Crippen molar-refractivity contribution in [2.45, 2.75) is 25.3 Å². The van der Waals surface area contributed by atoms with Crippen LogP contribution < -0.4 is 0 Å². The van der Waals surface area contributed by atoms with E-state index >= 15 is 0 Å². The van der Waals surface area contributed by atoms with E-state index < -0.39 is 29.5 Å². The van der Waals surface area contributed by atoms with Crippen molar-refractivity contribution in [2.75, 3.05) is 0 Å². The zero-order valence-electron chi connectivity index (χ0n) is 17.3. The summed E-state index contributed by atoms with van der Waals surface area (Å²) in [5, 5.41) is 19.7. The Kier molecular flexibility index (Phi) is 7.16. The van der Waals surface area contributed by atoms with Gasteiger partial charge in [-0.2, -0.15) is 31.4 Å². The first-order chi connectivity index (χ1) is 15.9. The molecule has 1 atom stereocenters. The lowest BCUT2D eigenvalue weighted by atomic mass is 9.98. The number of nitrogens with zero attached hydrogens (tertiary/aromatic N) is 3. The van der Waals surface area contributed by atoms with Crippen LogP contribution in [0.4, 0.5) is 26.3 Å². The Bertz CT molecular complexity index is 1270. The second kappa shape index (κ2) is 9.72. The molecule has 34 heavy (non-hydrogen) atoms. The van der Waals surface area contributed by atoms with E-state index in [2.05, 4.69) is 21.9 Å². The van der Waals surface area contributed by atoms with Crippen molar-refractivity contribution in [3.63, 3.8) is 0 Å². The van der Waals surface area contributed by atoms with Gasteiger partial charge in [0, 0.05) is 12.4 Å². The first kappa shape index (κ1) is 25.0. The number of nitrogens with one attached hydrogen (secondary N) is 2. The summed E-state index contributed by atoms with van der Waals surface area (Å²) in [6.07, 6.45) is -5.80. The van der Waals surface area contributed by atoms with Gasteiger partial charge in [-0.15, -0.1) is 0 Å². The quantitative estimate of drug-likeness (QED) is 0.202. The molecule has 2 N–H and O–H groups in total. The highest BCUT2D eigenvalue weighted by Gasteiger charge is 2.39. The molecule has 2 aromatic heterocycles. The Hall–Kier alpha value is -3.59. The van der Waals surface area contributed by atoms with Crippen LogP contribution in [-0.2, 0) is 12.4 Å². The summed E-state index contributed by atoms with van der Waals surface area (Å²) in [6, 6.07) is 5.43. The van der Waals surface area contributed by atoms with E-state index in [0.29, 0.717) is 11.8 Å². The zero-order chi connectivity index (χ0) is 25.1. The van der Waals surface area contributed by atoms with Crippen LogP contribution in [0.3, 0.4) is 0 Å². The number of benzene rings is 1. The van der Waals surface area contributed by atoms with Gasteiger partial charge in [-0.1, -0.05) is 18.1 Å². The van der Waals surface area contributed by atoms with E-state index in [0.717, 1.165) is 22.5 Å². The predicted octanol–water partition coefficient (Wildman–Crippen LogP) is 6.01. The molecule has 0 aliphatic heterocycles. The summed E-state index contributed by atoms with van der Waals surface area (Å²) >= 11 is 0.776. The lowest BCUT2D eigenvalue weighted by Gasteiger charge is -2.20. The molecule has 0 aliphatic rings. The molecule has 0 bridgehead atoms. The Morgan fingerprint density at radius 1 is 1.06 bits per heavy atom. The Morgan fingerprint density at radius 3 is 2.41 bits per heavy atom. The predicted molar refractivity (Wildman–Crippen MR) is 116 cm³/mol. The molecular formula is C22H15F6N5S. The second-order valence-corrected chi connectivity index (χ2v) is 7.93. The van der Waals surface area contributed by atoms with E-state index in [9.17, 15) is 26.3 Å². The lowest BCUT2D eigenvalue weighted by molar-refractivity contribution is -0.143. The van der Waals surface area contributed by atoms with Crippen molar-refractivity contribution in [2.24, 2.45) is 0 Å². The molecule has 1 unspecified atom stereocenters. The van der Waals surface area contributed by atoms with Gasteiger partial charge in [0.2, 0.25) is 0 Å². The molecule has 0 saturated carbocycles. The smallest absolute Gasteiger partial charge is 0.292 e. The molecule has 176 valence electrons. The SMILES string of the molecule is CC(c1ccc(C(F)(F)F)cc1C(F)(F)F)n1cc(C#CC(=N)SC(=N)c2ccccn2)cn1. The number of alkyl halides is 6. The number of aromatic nitrogens is 3. The number of rotatable bonds is 3. The molecule has 1 aromatic carbocycles. The molecule has 5 nitrogen and oxygen atoms in total. The maximum absolute atomic E-state index is 13.5. The number of halogens is 6. The van der Waals surface area contributed by atoms with Gasteiger partial charge in [-0.05, 0) is 54.4 Å². The molecule has 2 heterocycles. The van der Waals surface area contributed by atoms with Crippen LogP contribution in [0.25, 0.3) is 0 Å². The maximum Gasteiger partial charge on any atom is 0.416 e. The third-order valence-corrected chi connectivity index (χ3v) is 5.28. The topological polar surface area (TPSA) is 78.4 Å². The van der Waals surface area contributed by atoms with Gasteiger partial charge < -0.3 is 0 Å². The highest BCUT2D eigenvalue weighted by Crippen LogP contribution is 2.39. The Balaban J connectivity index is 1.79. The highest BCUT2D eigenvalue weighted by molar-refractivity contribution is 8.27. The molecular weight excluding hydrogens is 480 g/mol. The zero-order valence-corrected chi connectivity index (χ0v) is 18.1. The van der Waals surface area contributed by atoms with E-state index in [1.807, 2.05) is 0 Å². The fourth-order valence-electron chi connectivity index (χ4n) is 2.91. The molecule has 0 aliphatic carbocycles. The summed E-state index contributed by atoms with van der Waals surface area (Å²) in [5.41, 5.74) is -2.52. The number of hydrogen-bond donors (Lipinski definition) is 2. The van der Waals surface area contributed by atoms with Gasteiger partial charge in [0.05, 0.1) is 34.6 Å². The molecule has 3 aromatic rings. The summed E-state index contributed by atoms with van der Waals surface area (Å²) in [5.74, 6) is 5.16. The summed E-state index contributed by atoms with van der Waals surface area (Å²) < 4.78 is 80.3. The van der Waals surface area contributed by atoms with Crippen LogP contribution >= 0.6 is 11.8 Å². The van der Waals surface area contributed by atoms with E-state index in [1.54, 1.807) is 18.2 Å². The molecule has 0 saturated heterocycles.